The third-order valence-corrected chi connectivity index (χ3v) is 2.26. The first-order valence-corrected chi connectivity index (χ1v) is 5.05. The normalized spacial score (nSPS) is 12.0. The van der Waals surface area contributed by atoms with Crippen LogP contribution in [-0.4, -0.2) is 23.0 Å². The van der Waals surface area contributed by atoms with E-state index in [1.807, 2.05) is 5.32 Å². The molecule has 1 atom stereocenters. The SMILES string of the molecule is Cc1ccc(F)c(NC(=O)C(N)CC(=O)O)c1F. The van der Waals surface area contributed by atoms with E-state index in [9.17, 15) is 18.4 Å². The number of rotatable bonds is 4. The summed E-state index contributed by atoms with van der Waals surface area (Å²) in [6, 6.07) is 0.843. The van der Waals surface area contributed by atoms with Crippen molar-refractivity contribution in [3.05, 3.63) is 29.3 Å². The van der Waals surface area contributed by atoms with E-state index in [1.54, 1.807) is 0 Å². The second-order valence-corrected chi connectivity index (χ2v) is 3.75. The average Bonchev–Trinajstić information content (AvgIpc) is 2.28. The number of hydrogen-bond donors (Lipinski definition) is 3. The van der Waals surface area contributed by atoms with Crippen LogP contribution in [0.4, 0.5) is 14.5 Å². The zero-order valence-corrected chi connectivity index (χ0v) is 9.54. The molecule has 18 heavy (non-hydrogen) atoms. The second-order valence-electron chi connectivity index (χ2n) is 3.75. The number of carbonyl (C=O) groups is 2. The maximum Gasteiger partial charge on any atom is 0.305 e. The number of hydrogen-bond acceptors (Lipinski definition) is 3. The summed E-state index contributed by atoms with van der Waals surface area (Å²) >= 11 is 0. The Kier molecular flexibility index (Phi) is 4.33. The number of aliphatic carboxylic acids is 1. The molecule has 1 aromatic carbocycles. The molecule has 0 bridgehead atoms. The minimum Gasteiger partial charge on any atom is -0.481 e. The van der Waals surface area contributed by atoms with Crippen LogP contribution in [0.5, 0.6) is 0 Å². The molecule has 1 amide bonds. The number of carboxylic acid groups (broad SMARTS) is 1. The molecule has 4 N–H and O–H groups in total. The number of benzene rings is 1. The van der Waals surface area contributed by atoms with Crippen molar-refractivity contribution >= 4 is 17.6 Å². The lowest BCUT2D eigenvalue weighted by Crippen LogP contribution is -2.37. The Morgan fingerprint density at radius 2 is 2.06 bits per heavy atom. The van der Waals surface area contributed by atoms with Gasteiger partial charge in [0.1, 0.15) is 11.5 Å². The fourth-order valence-corrected chi connectivity index (χ4v) is 1.27. The summed E-state index contributed by atoms with van der Waals surface area (Å²) in [6.07, 6.45) is -0.624. The first-order chi connectivity index (χ1) is 8.32. The molecule has 0 aliphatic rings. The lowest BCUT2D eigenvalue weighted by atomic mass is 10.1. The van der Waals surface area contributed by atoms with Crippen molar-refractivity contribution in [1.29, 1.82) is 0 Å². The Hall–Kier alpha value is -2.02. The van der Waals surface area contributed by atoms with Crippen LogP contribution in [0.15, 0.2) is 12.1 Å². The largest absolute Gasteiger partial charge is 0.481 e. The molecule has 1 rings (SSSR count). The van der Waals surface area contributed by atoms with Gasteiger partial charge < -0.3 is 16.2 Å². The number of anilines is 1. The summed E-state index contributed by atoms with van der Waals surface area (Å²) in [6.45, 7) is 1.40. The Balaban J connectivity index is 2.88. The van der Waals surface area contributed by atoms with Gasteiger partial charge in [-0.3, -0.25) is 9.59 Å². The highest BCUT2D eigenvalue weighted by molar-refractivity contribution is 5.96. The quantitative estimate of drug-likeness (QED) is 0.751. The summed E-state index contributed by atoms with van der Waals surface area (Å²) < 4.78 is 26.8. The Morgan fingerprint density at radius 3 is 2.61 bits per heavy atom. The highest BCUT2D eigenvalue weighted by Gasteiger charge is 2.20. The lowest BCUT2D eigenvalue weighted by molar-refractivity contribution is -0.138. The van der Waals surface area contributed by atoms with Crippen LogP contribution in [0, 0.1) is 18.6 Å². The molecule has 1 unspecified atom stereocenters. The fraction of sp³-hybridized carbons (Fsp3) is 0.273. The molecule has 0 fully saturated rings. The third kappa shape index (κ3) is 3.24. The van der Waals surface area contributed by atoms with Gasteiger partial charge in [-0.05, 0) is 18.6 Å². The number of carboxylic acids is 1. The molecule has 0 radical (unpaired) electrons. The van der Waals surface area contributed by atoms with Gasteiger partial charge in [0.25, 0.3) is 0 Å². The van der Waals surface area contributed by atoms with Crippen molar-refractivity contribution in [2.75, 3.05) is 5.32 Å². The lowest BCUT2D eigenvalue weighted by Gasteiger charge is -2.12. The van der Waals surface area contributed by atoms with Crippen LogP contribution in [-0.2, 0) is 9.59 Å². The Morgan fingerprint density at radius 1 is 1.44 bits per heavy atom. The van der Waals surface area contributed by atoms with E-state index < -0.39 is 41.7 Å². The Labute approximate surface area is 102 Å². The van der Waals surface area contributed by atoms with Gasteiger partial charge in [-0.15, -0.1) is 0 Å². The molecule has 98 valence electrons. The first-order valence-electron chi connectivity index (χ1n) is 5.05. The van der Waals surface area contributed by atoms with E-state index in [4.69, 9.17) is 10.8 Å². The molecule has 0 heterocycles. The summed E-state index contributed by atoms with van der Waals surface area (Å²) in [4.78, 5) is 21.8. The van der Waals surface area contributed by atoms with Gasteiger partial charge in [0.05, 0.1) is 12.5 Å². The minimum atomic E-state index is -1.37. The van der Waals surface area contributed by atoms with E-state index in [1.165, 1.54) is 13.0 Å². The minimum absolute atomic E-state index is 0.151. The molecule has 0 saturated heterocycles. The van der Waals surface area contributed by atoms with Crippen molar-refractivity contribution in [3.8, 4) is 0 Å². The number of aryl methyl sites for hydroxylation is 1. The first kappa shape index (κ1) is 14.0. The predicted molar refractivity (Wildman–Crippen MR) is 60.0 cm³/mol. The summed E-state index contributed by atoms with van der Waals surface area (Å²) in [5.74, 6) is -4.09. The van der Waals surface area contributed by atoms with Gasteiger partial charge in [0, 0.05) is 0 Å². The number of amides is 1. The monoisotopic (exact) mass is 258 g/mol. The number of nitrogens with two attached hydrogens (primary N) is 1. The van der Waals surface area contributed by atoms with E-state index in [2.05, 4.69) is 0 Å². The molecule has 0 aromatic heterocycles. The molecular weight excluding hydrogens is 246 g/mol. The number of nitrogens with one attached hydrogen (secondary N) is 1. The Bertz CT molecular complexity index is 491. The van der Waals surface area contributed by atoms with Crippen molar-refractivity contribution in [1.82, 2.24) is 0 Å². The van der Waals surface area contributed by atoms with Crippen LogP contribution < -0.4 is 11.1 Å². The van der Waals surface area contributed by atoms with Crippen molar-refractivity contribution in [2.24, 2.45) is 5.73 Å². The van der Waals surface area contributed by atoms with E-state index in [-0.39, 0.29) is 5.56 Å². The molecule has 0 spiro atoms. The number of halogens is 2. The van der Waals surface area contributed by atoms with E-state index in [0.717, 1.165) is 6.07 Å². The zero-order chi connectivity index (χ0) is 13.9. The molecule has 5 nitrogen and oxygen atoms in total. The maximum atomic E-state index is 13.5. The van der Waals surface area contributed by atoms with Crippen molar-refractivity contribution in [3.63, 3.8) is 0 Å². The standard InChI is InChI=1S/C11H12F2N2O3/c1-5-2-3-6(12)10(9(5)13)15-11(18)7(14)4-8(16)17/h2-3,7H,4,14H2,1H3,(H,15,18)(H,16,17). The van der Waals surface area contributed by atoms with Crippen LogP contribution in [0.25, 0.3) is 0 Å². The highest BCUT2D eigenvalue weighted by atomic mass is 19.1. The van der Waals surface area contributed by atoms with E-state index in [0.29, 0.717) is 0 Å². The van der Waals surface area contributed by atoms with Crippen molar-refractivity contribution < 1.29 is 23.5 Å². The van der Waals surface area contributed by atoms with Crippen LogP contribution >= 0.6 is 0 Å². The molecule has 0 aliphatic carbocycles. The highest BCUT2D eigenvalue weighted by Crippen LogP contribution is 2.21. The van der Waals surface area contributed by atoms with Gasteiger partial charge in [0.15, 0.2) is 5.82 Å². The van der Waals surface area contributed by atoms with Gasteiger partial charge in [-0.2, -0.15) is 0 Å². The zero-order valence-electron chi connectivity index (χ0n) is 9.54. The second kappa shape index (κ2) is 5.54. The average molecular weight is 258 g/mol. The molecule has 0 saturated carbocycles. The topological polar surface area (TPSA) is 92.4 Å². The number of carbonyl (C=O) groups excluding carboxylic acids is 1. The smallest absolute Gasteiger partial charge is 0.305 e. The maximum absolute atomic E-state index is 13.5. The molecule has 0 aliphatic heterocycles. The van der Waals surface area contributed by atoms with Gasteiger partial charge in [0.2, 0.25) is 5.91 Å². The van der Waals surface area contributed by atoms with Crippen LogP contribution in [0.3, 0.4) is 0 Å². The predicted octanol–water partition coefficient (Wildman–Crippen LogP) is 1.01. The van der Waals surface area contributed by atoms with Crippen molar-refractivity contribution in [2.45, 2.75) is 19.4 Å². The third-order valence-electron chi connectivity index (χ3n) is 2.26. The van der Waals surface area contributed by atoms with Crippen LogP contribution in [0.2, 0.25) is 0 Å². The fourth-order valence-electron chi connectivity index (χ4n) is 1.27. The van der Waals surface area contributed by atoms with Gasteiger partial charge in [-0.1, -0.05) is 6.07 Å². The van der Waals surface area contributed by atoms with Crippen LogP contribution in [0.1, 0.15) is 12.0 Å². The summed E-state index contributed by atoms with van der Waals surface area (Å²) in [5, 5.41) is 10.4. The summed E-state index contributed by atoms with van der Waals surface area (Å²) in [7, 11) is 0. The van der Waals surface area contributed by atoms with E-state index >= 15 is 0 Å². The van der Waals surface area contributed by atoms with Gasteiger partial charge >= 0.3 is 5.97 Å². The summed E-state index contributed by atoms with van der Waals surface area (Å²) in [5.41, 5.74) is 4.79. The van der Waals surface area contributed by atoms with Gasteiger partial charge in [-0.25, -0.2) is 8.78 Å². The molecule has 1 aromatic rings. The molecule has 7 heteroatoms. The molecular formula is C11H12F2N2O3.